The van der Waals surface area contributed by atoms with Crippen molar-refractivity contribution in [2.75, 3.05) is 32.7 Å². The smallest absolute Gasteiger partial charge is 0.160 e. The lowest BCUT2D eigenvalue weighted by atomic mass is 10.1. The molecular weight excluding hydrogens is 274 g/mol. The number of fused-ring (bicyclic) bond motifs is 1. The van der Waals surface area contributed by atoms with E-state index in [1.165, 1.54) is 38.3 Å². The summed E-state index contributed by atoms with van der Waals surface area (Å²) in [5, 5.41) is 3.47. The van der Waals surface area contributed by atoms with Gasteiger partial charge in [0.15, 0.2) is 5.65 Å². The van der Waals surface area contributed by atoms with Gasteiger partial charge in [0.25, 0.3) is 0 Å². The van der Waals surface area contributed by atoms with Gasteiger partial charge in [-0.05, 0) is 50.5 Å². The highest BCUT2D eigenvalue weighted by Gasteiger charge is 2.27. The zero-order valence-corrected chi connectivity index (χ0v) is 13.3. The SMILES string of the molecule is CCN1CCC(Cn2c(C3CCNC3)nc3cccnc32)C1. The minimum atomic E-state index is 0.540. The van der Waals surface area contributed by atoms with Crippen LogP contribution in [0.3, 0.4) is 0 Å². The van der Waals surface area contributed by atoms with Gasteiger partial charge in [-0.1, -0.05) is 6.92 Å². The molecule has 2 saturated heterocycles. The fourth-order valence-corrected chi connectivity index (χ4v) is 3.95. The fraction of sp³-hybridized carbons (Fsp3) is 0.647. The van der Waals surface area contributed by atoms with E-state index in [0.29, 0.717) is 5.92 Å². The standard InChI is InChI=1S/C17H25N5/c1-2-21-9-6-13(11-21)12-22-16(14-5-8-18-10-14)20-15-4-3-7-19-17(15)22/h3-4,7,13-14,18H,2,5-6,8-12H2,1H3. The van der Waals surface area contributed by atoms with Crippen LogP contribution < -0.4 is 5.32 Å². The second-order valence-corrected chi connectivity index (χ2v) is 6.66. The molecule has 4 heterocycles. The van der Waals surface area contributed by atoms with Crippen LogP contribution in [0.1, 0.15) is 31.5 Å². The Morgan fingerprint density at radius 1 is 1.36 bits per heavy atom. The van der Waals surface area contributed by atoms with Crippen LogP contribution in [0.2, 0.25) is 0 Å². The fourth-order valence-electron chi connectivity index (χ4n) is 3.95. The van der Waals surface area contributed by atoms with Crippen molar-refractivity contribution < 1.29 is 0 Å². The molecule has 0 aromatic carbocycles. The first-order chi connectivity index (χ1) is 10.8. The van der Waals surface area contributed by atoms with E-state index in [1.807, 2.05) is 12.3 Å². The summed E-state index contributed by atoms with van der Waals surface area (Å²) in [5.41, 5.74) is 2.12. The summed E-state index contributed by atoms with van der Waals surface area (Å²) < 4.78 is 2.41. The van der Waals surface area contributed by atoms with Gasteiger partial charge in [-0.25, -0.2) is 9.97 Å². The molecule has 2 aliphatic heterocycles. The maximum atomic E-state index is 4.92. The van der Waals surface area contributed by atoms with Crippen molar-refractivity contribution in [3.05, 3.63) is 24.2 Å². The normalized spacial score (nSPS) is 26.2. The van der Waals surface area contributed by atoms with Crippen LogP contribution in [0, 0.1) is 5.92 Å². The van der Waals surface area contributed by atoms with Gasteiger partial charge in [-0.2, -0.15) is 0 Å². The highest BCUT2D eigenvalue weighted by atomic mass is 15.2. The first-order valence-corrected chi connectivity index (χ1v) is 8.59. The monoisotopic (exact) mass is 299 g/mol. The second-order valence-electron chi connectivity index (χ2n) is 6.66. The molecule has 5 nitrogen and oxygen atoms in total. The first-order valence-electron chi connectivity index (χ1n) is 8.59. The molecule has 118 valence electrons. The van der Waals surface area contributed by atoms with Crippen molar-refractivity contribution in [1.29, 1.82) is 0 Å². The average Bonchev–Trinajstić information content (AvgIpc) is 3.27. The van der Waals surface area contributed by atoms with E-state index in [0.717, 1.165) is 36.7 Å². The molecule has 5 heteroatoms. The predicted octanol–water partition coefficient (Wildman–Crippen LogP) is 1.85. The Balaban J connectivity index is 1.66. The van der Waals surface area contributed by atoms with Crippen molar-refractivity contribution in [1.82, 2.24) is 24.8 Å². The van der Waals surface area contributed by atoms with E-state index in [-0.39, 0.29) is 0 Å². The summed E-state index contributed by atoms with van der Waals surface area (Å²) in [7, 11) is 0. The van der Waals surface area contributed by atoms with Crippen LogP contribution in [0.25, 0.3) is 11.2 Å². The van der Waals surface area contributed by atoms with Crippen molar-refractivity contribution in [3.8, 4) is 0 Å². The lowest BCUT2D eigenvalue weighted by molar-refractivity contribution is 0.332. The number of rotatable bonds is 4. The highest BCUT2D eigenvalue weighted by Crippen LogP contribution is 2.28. The summed E-state index contributed by atoms with van der Waals surface area (Å²) in [6.45, 7) is 9.09. The van der Waals surface area contributed by atoms with Crippen molar-refractivity contribution in [2.24, 2.45) is 5.92 Å². The molecule has 4 rings (SSSR count). The summed E-state index contributed by atoms with van der Waals surface area (Å²) in [6.07, 6.45) is 4.38. The molecule has 0 radical (unpaired) electrons. The van der Waals surface area contributed by atoms with Gasteiger partial charge >= 0.3 is 0 Å². The first kappa shape index (κ1) is 14.2. The second kappa shape index (κ2) is 5.97. The largest absolute Gasteiger partial charge is 0.316 e. The van der Waals surface area contributed by atoms with E-state index in [2.05, 4.69) is 32.8 Å². The van der Waals surface area contributed by atoms with Gasteiger partial charge < -0.3 is 14.8 Å². The molecule has 2 aromatic heterocycles. The molecule has 0 spiro atoms. The summed E-state index contributed by atoms with van der Waals surface area (Å²) in [6, 6.07) is 4.09. The molecule has 2 aromatic rings. The number of aromatic nitrogens is 3. The Morgan fingerprint density at radius 3 is 3.09 bits per heavy atom. The topological polar surface area (TPSA) is 46.0 Å². The maximum absolute atomic E-state index is 4.92. The van der Waals surface area contributed by atoms with Crippen molar-refractivity contribution in [2.45, 2.75) is 32.2 Å². The van der Waals surface area contributed by atoms with Crippen LogP contribution in [-0.2, 0) is 6.54 Å². The van der Waals surface area contributed by atoms with Gasteiger partial charge in [-0.15, -0.1) is 0 Å². The van der Waals surface area contributed by atoms with Crippen molar-refractivity contribution in [3.63, 3.8) is 0 Å². The van der Waals surface area contributed by atoms with Gasteiger partial charge in [-0.3, -0.25) is 0 Å². The molecular formula is C17H25N5. The van der Waals surface area contributed by atoms with Gasteiger partial charge in [0, 0.05) is 31.7 Å². The zero-order chi connectivity index (χ0) is 14.9. The summed E-state index contributed by atoms with van der Waals surface area (Å²) in [4.78, 5) is 12.1. The van der Waals surface area contributed by atoms with Crippen LogP contribution >= 0.6 is 0 Å². The van der Waals surface area contributed by atoms with E-state index in [9.17, 15) is 0 Å². The summed E-state index contributed by atoms with van der Waals surface area (Å²) >= 11 is 0. The van der Waals surface area contributed by atoms with Crippen LogP contribution in [0.4, 0.5) is 0 Å². The molecule has 22 heavy (non-hydrogen) atoms. The van der Waals surface area contributed by atoms with E-state index in [1.54, 1.807) is 0 Å². The summed E-state index contributed by atoms with van der Waals surface area (Å²) in [5.74, 6) is 2.51. The third-order valence-electron chi connectivity index (χ3n) is 5.22. The number of pyridine rings is 1. The number of likely N-dealkylation sites (tertiary alicyclic amines) is 1. The van der Waals surface area contributed by atoms with Crippen LogP contribution in [0.5, 0.6) is 0 Å². The third kappa shape index (κ3) is 2.52. The predicted molar refractivity (Wildman–Crippen MR) is 88.0 cm³/mol. The number of nitrogens with zero attached hydrogens (tertiary/aromatic N) is 4. The Bertz CT molecular complexity index is 644. The number of nitrogens with one attached hydrogen (secondary N) is 1. The molecule has 2 fully saturated rings. The Hall–Kier alpha value is -1.46. The van der Waals surface area contributed by atoms with E-state index in [4.69, 9.17) is 4.98 Å². The molecule has 2 aliphatic rings. The van der Waals surface area contributed by atoms with Crippen molar-refractivity contribution >= 4 is 11.2 Å². The Kier molecular flexibility index (Phi) is 3.84. The third-order valence-corrected chi connectivity index (χ3v) is 5.22. The van der Waals surface area contributed by atoms with Gasteiger partial charge in [0.1, 0.15) is 11.3 Å². The molecule has 0 saturated carbocycles. The lowest BCUT2D eigenvalue weighted by Gasteiger charge is -2.17. The van der Waals surface area contributed by atoms with E-state index < -0.39 is 0 Å². The minimum Gasteiger partial charge on any atom is -0.316 e. The zero-order valence-electron chi connectivity index (χ0n) is 13.3. The molecule has 2 unspecified atom stereocenters. The van der Waals surface area contributed by atoms with Crippen LogP contribution in [-0.4, -0.2) is 52.2 Å². The molecule has 1 N–H and O–H groups in total. The quantitative estimate of drug-likeness (QED) is 0.936. The molecule has 0 aliphatic carbocycles. The highest BCUT2D eigenvalue weighted by molar-refractivity contribution is 5.71. The van der Waals surface area contributed by atoms with Crippen LogP contribution in [0.15, 0.2) is 18.3 Å². The number of imidazole rings is 1. The maximum Gasteiger partial charge on any atom is 0.160 e. The van der Waals surface area contributed by atoms with Gasteiger partial charge in [0.2, 0.25) is 0 Å². The Labute approximate surface area is 131 Å². The Morgan fingerprint density at radius 2 is 2.32 bits per heavy atom. The minimum absolute atomic E-state index is 0.540. The molecule has 0 bridgehead atoms. The number of hydrogen-bond acceptors (Lipinski definition) is 4. The van der Waals surface area contributed by atoms with Gasteiger partial charge in [0.05, 0.1) is 0 Å². The number of hydrogen-bond donors (Lipinski definition) is 1. The average molecular weight is 299 g/mol. The molecule has 2 atom stereocenters. The van der Waals surface area contributed by atoms with E-state index >= 15 is 0 Å². The molecule has 0 amide bonds. The lowest BCUT2D eigenvalue weighted by Crippen LogP contribution is -2.22.